The van der Waals surface area contributed by atoms with E-state index in [0.29, 0.717) is 6.07 Å². The van der Waals surface area contributed by atoms with E-state index in [9.17, 15) is 31.1 Å². The van der Waals surface area contributed by atoms with E-state index >= 15 is 0 Å². The fourth-order valence-corrected chi connectivity index (χ4v) is 7.83. The van der Waals surface area contributed by atoms with Gasteiger partial charge in [-0.05, 0) is 89.6 Å². The minimum Gasteiger partial charge on any atom is -0.343 e. The summed E-state index contributed by atoms with van der Waals surface area (Å²) in [5, 5.41) is 2.76. The largest absolute Gasteiger partial charge is 0.417 e. The van der Waals surface area contributed by atoms with E-state index in [0.717, 1.165) is 38.2 Å². The predicted octanol–water partition coefficient (Wildman–Crippen LogP) is 8.94. The first-order chi connectivity index (χ1) is 22.9. The number of likely N-dealkylation sites (N-methyl/N-ethyl adjacent to an activating group) is 2. The van der Waals surface area contributed by atoms with Gasteiger partial charge >= 0.3 is 12.4 Å². The van der Waals surface area contributed by atoms with Crippen LogP contribution in [0.15, 0.2) is 72.8 Å². The molecule has 0 heterocycles. The van der Waals surface area contributed by atoms with E-state index in [4.69, 9.17) is 5.73 Å². The number of nitrogens with two attached hydrogens (primary N) is 1. The van der Waals surface area contributed by atoms with Crippen molar-refractivity contribution in [1.29, 1.82) is 0 Å². The fourth-order valence-electron chi connectivity index (χ4n) is 7.83. The fraction of sp³-hybridized carbons (Fsp3) is 0.500. The summed E-state index contributed by atoms with van der Waals surface area (Å²) in [6, 6.07) is 19.5. The van der Waals surface area contributed by atoms with Crippen LogP contribution >= 0.6 is 0 Å². The van der Waals surface area contributed by atoms with Crippen LogP contribution in [0.4, 0.5) is 26.3 Å². The maximum absolute atomic E-state index is 13.8. The SMILES string of the molecule is CN(C)C1(C(N)c2ccccc2)CCCC1.Cc1cc(C(F)(F)F)cc(C(F)(F)F)c1C(=O)NC(c1ccccc1)C1(N(C)C)CCCC1. The number of halogens is 6. The molecule has 2 aliphatic rings. The van der Waals surface area contributed by atoms with Crippen LogP contribution in [-0.2, 0) is 12.4 Å². The van der Waals surface area contributed by atoms with Gasteiger partial charge in [-0.2, -0.15) is 26.3 Å². The van der Waals surface area contributed by atoms with Gasteiger partial charge < -0.3 is 20.9 Å². The van der Waals surface area contributed by atoms with E-state index in [2.05, 4.69) is 48.6 Å². The number of carbonyl (C=O) groups is 1. The summed E-state index contributed by atoms with van der Waals surface area (Å²) in [5.41, 5.74) is 3.91. The van der Waals surface area contributed by atoms with Crippen molar-refractivity contribution in [3.8, 4) is 0 Å². The van der Waals surface area contributed by atoms with Crippen LogP contribution in [0.3, 0.4) is 0 Å². The Labute approximate surface area is 285 Å². The molecule has 49 heavy (non-hydrogen) atoms. The molecule has 5 rings (SSSR count). The molecule has 3 N–H and O–H groups in total. The number of nitrogens with one attached hydrogen (secondary N) is 1. The van der Waals surface area contributed by atoms with Crippen molar-refractivity contribution in [2.45, 2.75) is 93.8 Å². The summed E-state index contributed by atoms with van der Waals surface area (Å²) in [6.07, 6.45) is -1.83. The van der Waals surface area contributed by atoms with Gasteiger partial charge in [0.1, 0.15) is 0 Å². The zero-order chi connectivity index (χ0) is 36.2. The molecule has 3 aromatic carbocycles. The number of aryl methyl sites for hydroxylation is 1. The molecule has 268 valence electrons. The third kappa shape index (κ3) is 8.32. The molecule has 1 amide bonds. The van der Waals surface area contributed by atoms with Gasteiger partial charge in [-0.3, -0.25) is 4.79 Å². The molecule has 0 aromatic heterocycles. The highest BCUT2D eigenvalue weighted by atomic mass is 19.4. The molecule has 2 fully saturated rings. The number of carbonyl (C=O) groups excluding carboxylic acids is 1. The second kappa shape index (κ2) is 15.2. The molecule has 2 atom stereocenters. The molecule has 0 aliphatic heterocycles. The van der Waals surface area contributed by atoms with E-state index in [1.807, 2.05) is 25.1 Å². The highest BCUT2D eigenvalue weighted by Gasteiger charge is 2.46. The topological polar surface area (TPSA) is 61.6 Å². The first kappa shape index (κ1) is 38.4. The zero-order valence-electron chi connectivity index (χ0n) is 28.9. The van der Waals surface area contributed by atoms with Crippen molar-refractivity contribution in [3.63, 3.8) is 0 Å². The number of hydrogen-bond acceptors (Lipinski definition) is 4. The van der Waals surface area contributed by atoms with Crippen LogP contribution in [0.2, 0.25) is 0 Å². The van der Waals surface area contributed by atoms with Crippen molar-refractivity contribution in [2.24, 2.45) is 5.73 Å². The number of alkyl halides is 6. The van der Waals surface area contributed by atoms with E-state index in [-0.39, 0.29) is 23.2 Å². The summed E-state index contributed by atoms with van der Waals surface area (Å²) < 4.78 is 80.8. The molecule has 2 aliphatic carbocycles. The van der Waals surface area contributed by atoms with Crippen molar-refractivity contribution in [3.05, 3.63) is 106 Å². The van der Waals surface area contributed by atoms with Gasteiger partial charge in [0.2, 0.25) is 0 Å². The third-order valence-electron chi connectivity index (χ3n) is 10.6. The number of hydrogen-bond donors (Lipinski definition) is 2. The Morgan fingerprint density at radius 3 is 1.59 bits per heavy atom. The van der Waals surface area contributed by atoms with Gasteiger partial charge in [-0.15, -0.1) is 0 Å². The molecule has 0 spiro atoms. The lowest BCUT2D eigenvalue weighted by Gasteiger charge is -2.44. The molecule has 5 nitrogen and oxygen atoms in total. The second-order valence-corrected chi connectivity index (χ2v) is 13.8. The van der Waals surface area contributed by atoms with Crippen LogP contribution < -0.4 is 11.1 Å². The third-order valence-corrected chi connectivity index (χ3v) is 10.6. The minimum atomic E-state index is -5.13. The molecule has 3 aromatic rings. The maximum atomic E-state index is 13.8. The Hall–Kier alpha value is -3.41. The number of nitrogens with zero attached hydrogens (tertiary/aromatic N) is 2. The Bertz CT molecular complexity index is 1530. The maximum Gasteiger partial charge on any atom is 0.417 e. The lowest BCUT2D eigenvalue weighted by Crippen LogP contribution is -2.53. The van der Waals surface area contributed by atoms with Crippen LogP contribution in [0.1, 0.15) is 102 Å². The van der Waals surface area contributed by atoms with Crippen LogP contribution in [0.25, 0.3) is 0 Å². The van der Waals surface area contributed by atoms with Gasteiger partial charge in [0.05, 0.1) is 22.7 Å². The van der Waals surface area contributed by atoms with Gasteiger partial charge in [-0.25, -0.2) is 0 Å². The lowest BCUT2D eigenvalue weighted by molar-refractivity contribution is -0.143. The molecule has 11 heteroatoms. The van der Waals surface area contributed by atoms with Gasteiger partial charge in [-0.1, -0.05) is 86.3 Å². The summed E-state index contributed by atoms with van der Waals surface area (Å²) >= 11 is 0. The zero-order valence-corrected chi connectivity index (χ0v) is 28.9. The summed E-state index contributed by atoms with van der Waals surface area (Å²) in [4.78, 5) is 17.6. The molecule has 0 saturated heterocycles. The molecule has 2 unspecified atom stereocenters. The van der Waals surface area contributed by atoms with E-state index in [1.54, 1.807) is 30.3 Å². The smallest absolute Gasteiger partial charge is 0.343 e. The van der Waals surface area contributed by atoms with Crippen LogP contribution in [0.5, 0.6) is 0 Å². The summed E-state index contributed by atoms with van der Waals surface area (Å²) in [6.45, 7) is 1.09. The van der Waals surface area contributed by atoms with Gasteiger partial charge in [0.25, 0.3) is 5.91 Å². The van der Waals surface area contributed by atoms with E-state index < -0.39 is 46.5 Å². The monoisotopic (exact) mass is 690 g/mol. The Balaban J connectivity index is 0.000000281. The molecule has 0 bridgehead atoms. The quantitative estimate of drug-likeness (QED) is 0.232. The number of rotatable bonds is 8. The lowest BCUT2D eigenvalue weighted by atomic mass is 9.82. The van der Waals surface area contributed by atoms with E-state index in [1.165, 1.54) is 31.2 Å². The van der Waals surface area contributed by atoms with Crippen molar-refractivity contribution in [1.82, 2.24) is 15.1 Å². The normalized spacial score (nSPS) is 18.6. The average Bonchev–Trinajstić information content (AvgIpc) is 3.75. The highest BCUT2D eigenvalue weighted by Crippen LogP contribution is 2.45. The van der Waals surface area contributed by atoms with Crippen molar-refractivity contribution >= 4 is 5.91 Å². The summed E-state index contributed by atoms with van der Waals surface area (Å²) in [7, 11) is 8.04. The first-order valence-corrected chi connectivity index (χ1v) is 16.7. The van der Waals surface area contributed by atoms with Gasteiger partial charge in [0.15, 0.2) is 0 Å². The predicted molar refractivity (Wildman–Crippen MR) is 181 cm³/mol. The number of benzene rings is 3. The molecular weight excluding hydrogens is 642 g/mol. The Kier molecular flexibility index (Phi) is 11.9. The standard InChI is InChI=1S/C24H26F6N2O.C14H22N2/c1-15-13-17(23(25,26)27)14-18(24(28,29)30)19(15)21(33)31-20(16-9-5-4-6-10-16)22(32(2)3)11-7-8-12-22;1-16(2)14(10-6-7-11-14)13(15)12-8-4-3-5-9-12/h4-6,9-10,13-14,20H,7-8,11-12H2,1-3H3,(H,31,33);3-5,8-9,13H,6-7,10-11,15H2,1-2H3. The summed E-state index contributed by atoms with van der Waals surface area (Å²) in [5.74, 6) is -1.05. The number of amides is 1. The van der Waals surface area contributed by atoms with Gasteiger partial charge in [0, 0.05) is 17.1 Å². The van der Waals surface area contributed by atoms with Crippen molar-refractivity contribution in [2.75, 3.05) is 28.2 Å². The second-order valence-electron chi connectivity index (χ2n) is 13.8. The average molecular weight is 691 g/mol. The minimum absolute atomic E-state index is 0.0106. The molecule has 0 radical (unpaired) electrons. The Morgan fingerprint density at radius 2 is 1.16 bits per heavy atom. The molecule has 2 saturated carbocycles. The first-order valence-electron chi connectivity index (χ1n) is 16.7. The van der Waals surface area contributed by atoms with Crippen molar-refractivity contribution < 1.29 is 31.1 Å². The van der Waals surface area contributed by atoms with Crippen LogP contribution in [-0.4, -0.2) is 55.0 Å². The van der Waals surface area contributed by atoms with Crippen LogP contribution in [0, 0.1) is 6.92 Å². The Morgan fingerprint density at radius 1 is 0.714 bits per heavy atom. The highest BCUT2D eigenvalue weighted by molar-refractivity contribution is 5.98. The molecular formula is C38H48F6N4O.